The summed E-state index contributed by atoms with van der Waals surface area (Å²) >= 11 is 0. The molecule has 3 heteroatoms. The minimum atomic E-state index is 0.295. The van der Waals surface area contributed by atoms with Crippen LogP contribution in [0.3, 0.4) is 0 Å². The number of hydrogen-bond donors (Lipinski definition) is 1. The van der Waals surface area contributed by atoms with Gasteiger partial charge in [-0.25, -0.2) is 0 Å². The molecule has 0 aromatic heterocycles. The number of amides is 1. The second kappa shape index (κ2) is 4.30. The number of carbonyl (C=O) groups excluding carboxylic acids is 1. The quantitative estimate of drug-likeness (QED) is 0.734. The lowest BCUT2D eigenvalue weighted by atomic mass is 10.0. The van der Waals surface area contributed by atoms with Crippen molar-refractivity contribution in [1.82, 2.24) is 10.2 Å². The Morgan fingerprint density at radius 3 is 2.79 bits per heavy atom. The number of likely N-dealkylation sites (tertiary alicyclic amines) is 1. The van der Waals surface area contributed by atoms with Gasteiger partial charge in [-0.05, 0) is 39.0 Å². The molecule has 0 unspecified atom stereocenters. The normalized spacial score (nSPS) is 27.8. The van der Waals surface area contributed by atoms with Gasteiger partial charge in [0, 0.05) is 18.6 Å². The Labute approximate surface area is 85.8 Å². The van der Waals surface area contributed by atoms with E-state index in [9.17, 15) is 4.79 Å². The summed E-state index contributed by atoms with van der Waals surface area (Å²) in [6, 6.07) is 1.09. The minimum absolute atomic E-state index is 0.295. The van der Waals surface area contributed by atoms with Gasteiger partial charge >= 0.3 is 0 Å². The Morgan fingerprint density at radius 1 is 1.36 bits per heavy atom. The largest absolute Gasteiger partial charge is 0.339 e. The summed E-state index contributed by atoms with van der Waals surface area (Å²) in [7, 11) is 0. The minimum Gasteiger partial charge on any atom is -0.339 e. The van der Waals surface area contributed by atoms with Crippen molar-refractivity contribution in [2.75, 3.05) is 13.1 Å². The van der Waals surface area contributed by atoms with Crippen LogP contribution in [0.2, 0.25) is 0 Å². The van der Waals surface area contributed by atoms with Crippen molar-refractivity contribution in [3.05, 3.63) is 0 Å². The van der Waals surface area contributed by atoms with Crippen LogP contribution in [0, 0.1) is 0 Å². The first kappa shape index (κ1) is 9.97. The zero-order valence-electron chi connectivity index (χ0n) is 8.96. The third-order valence-electron chi connectivity index (χ3n) is 3.24. The molecule has 1 atom stereocenters. The van der Waals surface area contributed by atoms with Crippen molar-refractivity contribution >= 4 is 5.91 Å². The van der Waals surface area contributed by atoms with Crippen LogP contribution in [-0.2, 0) is 4.79 Å². The summed E-state index contributed by atoms with van der Waals surface area (Å²) in [5.74, 6) is 0.295. The fourth-order valence-electron chi connectivity index (χ4n) is 2.09. The molecule has 2 rings (SSSR count). The van der Waals surface area contributed by atoms with E-state index in [1.54, 1.807) is 0 Å². The van der Waals surface area contributed by atoms with E-state index in [4.69, 9.17) is 0 Å². The van der Waals surface area contributed by atoms with Gasteiger partial charge in [0.25, 0.3) is 0 Å². The van der Waals surface area contributed by atoms with E-state index in [-0.39, 0.29) is 0 Å². The van der Waals surface area contributed by atoms with E-state index < -0.39 is 0 Å². The van der Waals surface area contributed by atoms with Gasteiger partial charge in [-0.1, -0.05) is 0 Å². The van der Waals surface area contributed by atoms with Crippen LogP contribution in [0.4, 0.5) is 0 Å². The number of nitrogens with one attached hydrogen (secondary N) is 1. The molecule has 3 nitrogen and oxygen atoms in total. The van der Waals surface area contributed by atoms with Crippen molar-refractivity contribution in [1.29, 1.82) is 0 Å². The Hall–Kier alpha value is -0.570. The second-order valence-corrected chi connectivity index (χ2v) is 4.59. The molecular formula is C11H20N2O. The first-order valence-corrected chi connectivity index (χ1v) is 5.80. The summed E-state index contributed by atoms with van der Waals surface area (Å²) in [6.07, 6.45) is 6.14. The highest BCUT2D eigenvalue weighted by molar-refractivity contribution is 5.78. The Morgan fingerprint density at radius 2 is 2.14 bits per heavy atom. The van der Waals surface area contributed by atoms with Crippen molar-refractivity contribution in [3.63, 3.8) is 0 Å². The van der Waals surface area contributed by atoms with Crippen molar-refractivity contribution in [2.45, 2.75) is 51.1 Å². The summed E-state index contributed by atoms with van der Waals surface area (Å²) < 4.78 is 0. The van der Waals surface area contributed by atoms with E-state index >= 15 is 0 Å². The summed E-state index contributed by atoms with van der Waals surface area (Å²) in [5, 5.41) is 3.28. The number of rotatable bonds is 3. The monoisotopic (exact) mass is 196 g/mol. The molecule has 1 aliphatic carbocycles. The molecule has 2 fully saturated rings. The zero-order chi connectivity index (χ0) is 9.97. The maximum atomic E-state index is 11.8. The highest BCUT2D eigenvalue weighted by atomic mass is 16.2. The van der Waals surface area contributed by atoms with Gasteiger partial charge in [0.2, 0.25) is 5.91 Å². The van der Waals surface area contributed by atoms with Gasteiger partial charge in [-0.15, -0.1) is 0 Å². The molecule has 1 N–H and O–H groups in total. The zero-order valence-corrected chi connectivity index (χ0v) is 8.96. The Bertz CT molecular complexity index is 213. The highest BCUT2D eigenvalue weighted by Gasteiger charge is 2.25. The first-order chi connectivity index (χ1) is 6.77. The molecule has 1 saturated carbocycles. The molecule has 14 heavy (non-hydrogen) atoms. The molecule has 0 aromatic rings. The number of carbonyl (C=O) groups is 1. The van der Waals surface area contributed by atoms with E-state index in [1.165, 1.54) is 32.1 Å². The molecular weight excluding hydrogens is 176 g/mol. The predicted molar refractivity (Wildman–Crippen MR) is 56.1 cm³/mol. The van der Waals surface area contributed by atoms with Gasteiger partial charge in [-0.2, -0.15) is 0 Å². The van der Waals surface area contributed by atoms with Crippen LogP contribution in [0.25, 0.3) is 0 Å². The average Bonchev–Trinajstić information content (AvgIpc) is 2.98. The molecule has 1 aliphatic heterocycles. The Kier molecular flexibility index (Phi) is 3.06. The molecule has 1 heterocycles. The van der Waals surface area contributed by atoms with Crippen molar-refractivity contribution in [3.8, 4) is 0 Å². The molecule has 0 spiro atoms. The van der Waals surface area contributed by atoms with Gasteiger partial charge in [0.15, 0.2) is 0 Å². The van der Waals surface area contributed by atoms with Crippen LogP contribution < -0.4 is 5.32 Å². The van der Waals surface area contributed by atoms with Crippen LogP contribution in [-0.4, -0.2) is 36.0 Å². The lowest BCUT2D eigenvalue weighted by Gasteiger charge is -2.33. The molecule has 80 valence electrons. The SMILES string of the molecule is C[C@H]1CCCCN1C(=O)CNC1CC1. The van der Waals surface area contributed by atoms with Gasteiger partial charge in [0.1, 0.15) is 0 Å². The lowest BCUT2D eigenvalue weighted by Crippen LogP contribution is -2.46. The van der Waals surface area contributed by atoms with Gasteiger partial charge in [-0.3, -0.25) is 4.79 Å². The van der Waals surface area contributed by atoms with E-state index in [2.05, 4.69) is 12.2 Å². The molecule has 0 radical (unpaired) electrons. The van der Waals surface area contributed by atoms with E-state index in [0.29, 0.717) is 24.5 Å². The highest BCUT2D eigenvalue weighted by Crippen LogP contribution is 2.19. The summed E-state index contributed by atoms with van der Waals surface area (Å²) in [5.41, 5.74) is 0. The van der Waals surface area contributed by atoms with Gasteiger partial charge < -0.3 is 10.2 Å². The maximum absolute atomic E-state index is 11.8. The number of piperidine rings is 1. The van der Waals surface area contributed by atoms with Crippen molar-refractivity contribution < 1.29 is 4.79 Å². The smallest absolute Gasteiger partial charge is 0.236 e. The van der Waals surface area contributed by atoms with E-state index in [0.717, 1.165) is 6.54 Å². The maximum Gasteiger partial charge on any atom is 0.236 e. The average molecular weight is 196 g/mol. The first-order valence-electron chi connectivity index (χ1n) is 5.80. The fraction of sp³-hybridized carbons (Fsp3) is 0.909. The van der Waals surface area contributed by atoms with Crippen molar-refractivity contribution in [2.24, 2.45) is 0 Å². The fourth-order valence-corrected chi connectivity index (χ4v) is 2.09. The topological polar surface area (TPSA) is 32.3 Å². The molecule has 0 bridgehead atoms. The molecule has 1 saturated heterocycles. The molecule has 1 amide bonds. The van der Waals surface area contributed by atoms with E-state index in [1.807, 2.05) is 4.90 Å². The summed E-state index contributed by atoms with van der Waals surface area (Å²) in [4.78, 5) is 13.8. The lowest BCUT2D eigenvalue weighted by molar-refractivity contribution is -0.133. The van der Waals surface area contributed by atoms with Crippen LogP contribution in [0.15, 0.2) is 0 Å². The molecule has 2 aliphatic rings. The predicted octanol–water partition coefficient (Wildman–Crippen LogP) is 1.14. The summed E-state index contributed by atoms with van der Waals surface area (Å²) in [6.45, 7) is 3.68. The van der Waals surface area contributed by atoms with Crippen LogP contribution >= 0.6 is 0 Å². The third-order valence-corrected chi connectivity index (χ3v) is 3.24. The Balaban J connectivity index is 1.76. The standard InChI is InChI=1S/C11H20N2O/c1-9-4-2-3-7-13(9)11(14)8-12-10-5-6-10/h9-10,12H,2-8H2,1H3/t9-/m0/s1. The molecule has 0 aromatic carbocycles. The number of nitrogens with zero attached hydrogens (tertiary/aromatic N) is 1. The van der Waals surface area contributed by atoms with Crippen LogP contribution in [0.1, 0.15) is 39.0 Å². The van der Waals surface area contributed by atoms with Gasteiger partial charge in [0.05, 0.1) is 6.54 Å². The number of hydrogen-bond acceptors (Lipinski definition) is 2. The van der Waals surface area contributed by atoms with Crippen LogP contribution in [0.5, 0.6) is 0 Å². The third kappa shape index (κ3) is 2.47. The second-order valence-electron chi connectivity index (χ2n) is 4.59.